The summed E-state index contributed by atoms with van der Waals surface area (Å²) >= 11 is 6.21. The van der Waals surface area contributed by atoms with Crippen molar-refractivity contribution in [3.05, 3.63) is 64.3 Å². The molecule has 0 aliphatic rings. The van der Waals surface area contributed by atoms with Gasteiger partial charge in [0.1, 0.15) is 5.75 Å². The van der Waals surface area contributed by atoms with Crippen molar-refractivity contribution in [3.8, 4) is 5.75 Å². The summed E-state index contributed by atoms with van der Waals surface area (Å²) in [6.45, 7) is 5.21. The zero-order valence-corrected chi connectivity index (χ0v) is 16.7. The molecule has 0 saturated carbocycles. The van der Waals surface area contributed by atoms with Gasteiger partial charge < -0.3 is 19.5 Å². The smallest absolute Gasteiger partial charge is 0.336 e. The Morgan fingerprint density at radius 3 is 2.68 bits per heavy atom. The van der Waals surface area contributed by atoms with Gasteiger partial charge in [-0.25, -0.2) is 4.79 Å². The minimum Gasteiger partial charge on any atom is -0.493 e. The number of ether oxygens (including phenoxy) is 1. The number of fused-ring (bicyclic) bond motifs is 1. The number of hydrogen-bond acceptors (Lipinski definition) is 3. The van der Waals surface area contributed by atoms with E-state index in [0.717, 1.165) is 22.4 Å². The van der Waals surface area contributed by atoms with Crippen LogP contribution in [0.4, 0.5) is 0 Å². The van der Waals surface area contributed by atoms with Gasteiger partial charge in [0.05, 0.1) is 18.7 Å². The molecule has 28 heavy (non-hydrogen) atoms. The molecule has 148 valence electrons. The molecule has 0 amide bonds. The molecule has 0 bridgehead atoms. The van der Waals surface area contributed by atoms with Crippen molar-refractivity contribution in [1.82, 2.24) is 4.57 Å². The number of aromatic carboxylic acids is 1. The van der Waals surface area contributed by atoms with Crippen LogP contribution < -0.4 is 4.74 Å². The molecule has 6 heteroatoms. The molecule has 1 aromatic heterocycles. The van der Waals surface area contributed by atoms with E-state index in [1.165, 1.54) is 0 Å². The van der Waals surface area contributed by atoms with Crippen LogP contribution in [-0.2, 0) is 13.0 Å². The Morgan fingerprint density at radius 1 is 1.21 bits per heavy atom. The summed E-state index contributed by atoms with van der Waals surface area (Å²) in [7, 11) is 0. The van der Waals surface area contributed by atoms with E-state index in [4.69, 9.17) is 16.3 Å². The summed E-state index contributed by atoms with van der Waals surface area (Å²) in [5, 5.41) is 20.3. The van der Waals surface area contributed by atoms with Crippen molar-refractivity contribution in [2.75, 3.05) is 13.2 Å². The minimum atomic E-state index is -0.980. The molecule has 0 spiro atoms. The second-order valence-electron chi connectivity index (χ2n) is 7.22. The van der Waals surface area contributed by atoms with Crippen LogP contribution in [0.15, 0.2) is 42.6 Å². The predicted molar refractivity (Wildman–Crippen MR) is 111 cm³/mol. The van der Waals surface area contributed by atoms with Gasteiger partial charge in [-0.1, -0.05) is 31.5 Å². The van der Waals surface area contributed by atoms with Crippen LogP contribution in [0.2, 0.25) is 5.02 Å². The lowest BCUT2D eigenvalue weighted by Gasteiger charge is -2.15. The molecule has 3 aromatic rings. The number of rotatable bonds is 8. The Hall–Kier alpha value is -2.50. The summed E-state index contributed by atoms with van der Waals surface area (Å²) in [4.78, 5) is 11.7. The summed E-state index contributed by atoms with van der Waals surface area (Å²) < 4.78 is 7.93. The molecule has 1 heterocycles. The number of aliphatic hydroxyl groups is 1. The number of nitrogens with zero attached hydrogens (tertiary/aromatic N) is 1. The molecule has 0 fully saturated rings. The summed E-state index contributed by atoms with van der Waals surface area (Å²) in [5.41, 5.74) is 2.77. The van der Waals surface area contributed by atoms with E-state index in [2.05, 4.69) is 13.8 Å². The maximum atomic E-state index is 11.7. The van der Waals surface area contributed by atoms with Gasteiger partial charge in [0.15, 0.2) is 0 Å². The standard InChI is InChI=1S/C22H24ClNO4/c1-14(2)13-28-20-7-6-17(23)10-16(20)12-24-11-15(8-9-25)21-18(22(26)27)4-3-5-19(21)24/h3-7,10-11,14,25H,8-9,12-13H2,1-2H3,(H,26,27). The predicted octanol–water partition coefficient (Wildman–Crippen LogP) is 4.61. The van der Waals surface area contributed by atoms with Gasteiger partial charge >= 0.3 is 5.97 Å². The van der Waals surface area contributed by atoms with Crippen LogP contribution in [-0.4, -0.2) is 34.0 Å². The molecule has 5 nitrogen and oxygen atoms in total. The zero-order chi connectivity index (χ0) is 20.3. The number of carboxylic acid groups (broad SMARTS) is 1. The van der Waals surface area contributed by atoms with Crippen molar-refractivity contribution >= 4 is 28.5 Å². The van der Waals surface area contributed by atoms with Crippen LogP contribution in [0.1, 0.15) is 35.3 Å². The molecule has 3 rings (SSSR count). The fourth-order valence-corrected chi connectivity index (χ4v) is 3.51. The van der Waals surface area contributed by atoms with Crippen molar-refractivity contribution in [2.24, 2.45) is 5.92 Å². The van der Waals surface area contributed by atoms with Gasteiger partial charge in [0.2, 0.25) is 0 Å². The topological polar surface area (TPSA) is 71.7 Å². The van der Waals surface area contributed by atoms with Gasteiger partial charge in [0, 0.05) is 34.3 Å². The normalized spacial score (nSPS) is 11.3. The van der Waals surface area contributed by atoms with Crippen LogP contribution in [0.5, 0.6) is 5.75 Å². The summed E-state index contributed by atoms with van der Waals surface area (Å²) in [5.74, 6) is 0.175. The van der Waals surface area contributed by atoms with E-state index in [9.17, 15) is 15.0 Å². The van der Waals surface area contributed by atoms with E-state index in [0.29, 0.717) is 35.9 Å². The Bertz CT molecular complexity index is 994. The molecule has 2 aromatic carbocycles. The van der Waals surface area contributed by atoms with Crippen molar-refractivity contribution in [3.63, 3.8) is 0 Å². The molecule has 2 N–H and O–H groups in total. The Morgan fingerprint density at radius 2 is 2.00 bits per heavy atom. The highest BCUT2D eigenvalue weighted by molar-refractivity contribution is 6.30. The summed E-state index contributed by atoms with van der Waals surface area (Å²) in [6, 6.07) is 10.8. The SMILES string of the molecule is CC(C)COc1ccc(Cl)cc1Cn1cc(CCO)c2c(C(=O)O)cccc21. The molecule has 0 atom stereocenters. The number of aromatic nitrogens is 1. The highest BCUT2D eigenvalue weighted by atomic mass is 35.5. The fourth-order valence-electron chi connectivity index (χ4n) is 3.31. The third-order valence-electron chi connectivity index (χ3n) is 4.53. The number of aliphatic hydroxyl groups excluding tert-OH is 1. The van der Waals surface area contributed by atoms with E-state index in [1.54, 1.807) is 18.2 Å². The second kappa shape index (κ2) is 8.67. The lowest BCUT2D eigenvalue weighted by Crippen LogP contribution is -2.08. The third-order valence-corrected chi connectivity index (χ3v) is 4.77. The minimum absolute atomic E-state index is 0.0486. The highest BCUT2D eigenvalue weighted by Crippen LogP contribution is 2.30. The average molecular weight is 402 g/mol. The first-order chi connectivity index (χ1) is 13.4. The van der Waals surface area contributed by atoms with Crippen LogP contribution in [0, 0.1) is 5.92 Å². The second-order valence-corrected chi connectivity index (χ2v) is 7.65. The lowest BCUT2D eigenvalue weighted by atomic mass is 10.0. The lowest BCUT2D eigenvalue weighted by molar-refractivity contribution is 0.0699. The molecular formula is C22H24ClNO4. The average Bonchev–Trinajstić information content (AvgIpc) is 2.99. The number of carboxylic acids is 1. The van der Waals surface area contributed by atoms with Crippen molar-refractivity contribution in [2.45, 2.75) is 26.8 Å². The number of carbonyl (C=O) groups is 1. The van der Waals surface area contributed by atoms with E-state index >= 15 is 0 Å². The number of halogens is 1. The first-order valence-electron chi connectivity index (χ1n) is 9.26. The van der Waals surface area contributed by atoms with Gasteiger partial charge in [-0.15, -0.1) is 0 Å². The van der Waals surface area contributed by atoms with Crippen LogP contribution >= 0.6 is 11.6 Å². The van der Waals surface area contributed by atoms with Crippen LogP contribution in [0.3, 0.4) is 0 Å². The largest absolute Gasteiger partial charge is 0.493 e. The van der Waals surface area contributed by atoms with Crippen LogP contribution in [0.25, 0.3) is 10.9 Å². The van der Waals surface area contributed by atoms with Gasteiger partial charge in [-0.05, 0) is 48.2 Å². The zero-order valence-electron chi connectivity index (χ0n) is 16.0. The monoisotopic (exact) mass is 401 g/mol. The molecule has 0 aliphatic heterocycles. The fraction of sp³-hybridized carbons (Fsp3) is 0.318. The molecule has 0 unspecified atom stereocenters. The van der Waals surface area contributed by atoms with Crippen molar-refractivity contribution < 1.29 is 19.7 Å². The highest BCUT2D eigenvalue weighted by Gasteiger charge is 2.17. The van der Waals surface area contributed by atoms with Crippen molar-refractivity contribution in [1.29, 1.82) is 0 Å². The molecule has 0 aliphatic carbocycles. The first-order valence-corrected chi connectivity index (χ1v) is 9.64. The maximum Gasteiger partial charge on any atom is 0.336 e. The quantitative estimate of drug-likeness (QED) is 0.578. The Labute approximate surface area is 169 Å². The Balaban J connectivity index is 2.07. The molecular weight excluding hydrogens is 378 g/mol. The summed E-state index contributed by atoms with van der Waals surface area (Å²) in [6.07, 6.45) is 2.29. The third kappa shape index (κ3) is 4.32. The Kier molecular flexibility index (Phi) is 6.27. The van der Waals surface area contributed by atoms with Gasteiger partial charge in [-0.2, -0.15) is 0 Å². The number of hydrogen-bond donors (Lipinski definition) is 2. The van der Waals surface area contributed by atoms with E-state index < -0.39 is 5.97 Å². The van der Waals surface area contributed by atoms with Gasteiger partial charge in [-0.3, -0.25) is 0 Å². The van der Waals surface area contributed by atoms with E-state index in [-0.39, 0.29) is 12.2 Å². The van der Waals surface area contributed by atoms with E-state index in [1.807, 2.05) is 29.0 Å². The number of benzene rings is 2. The first kappa shape index (κ1) is 20.2. The molecule has 0 saturated heterocycles. The van der Waals surface area contributed by atoms with Gasteiger partial charge in [0.25, 0.3) is 0 Å². The molecule has 0 radical (unpaired) electrons. The maximum absolute atomic E-state index is 11.7.